The van der Waals surface area contributed by atoms with Gasteiger partial charge in [0.05, 0.1) is 24.0 Å². The molecule has 3 N–H and O–H groups in total. The van der Waals surface area contributed by atoms with Crippen molar-refractivity contribution in [3.63, 3.8) is 0 Å². The van der Waals surface area contributed by atoms with Crippen LogP contribution in [0.25, 0.3) is 0 Å². The number of amides is 3. The smallest absolute Gasteiger partial charge is 0.250 e. The highest BCUT2D eigenvalue weighted by molar-refractivity contribution is 6.30. The van der Waals surface area contributed by atoms with Crippen LogP contribution in [-0.2, 0) is 19.1 Å². The van der Waals surface area contributed by atoms with Crippen molar-refractivity contribution >= 4 is 35.0 Å². The predicted molar refractivity (Wildman–Crippen MR) is 105 cm³/mol. The number of likely N-dealkylation sites (tertiary alicyclic amines) is 1. The van der Waals surface area contributed by atoms with E-state index in [1.54, 1.807) is 24.3 Å². The second-order valence-electron chi connectivity index (χ2n) is 8.09. The number of aliphatic hydroxyl groups excluding tert-OH is 1. The molecule has 29 heavy (non-hydrogen) atoms. The van der Waals surface area contributed by atoms with E-state index < -0.39 is 35.0 Å². The summed E-state index contributed by atoms with van der Waals surface area (Å²) in [5.41, 5.74) is -1.35. The fraction of sp³-hybridized carbons (Fsp3) is 0.550. The van der Waals surface area contributed by atoms with E-state index in [1.807, 2.05) is 6.92 Å². The van der Waals surface area contributed by atoms with Gasteiger partial charge < -0.3 is 25.4 Å². The number of carbonyl (C=O) groups is 3. The summed E-state index contributed by atoms with van der Waals surface area (Å²) in [5, 5.41) is 15.5. The van der Waals surface area contributed by atoms with Gasteiger partial charge in [-0.3, -0.25) is 14.4 Å². The topological polar surface area (TPSA) is 108 Å². The second kappa shape index (κ2) is 6.97. The van der Waals surface area contributed by atoms with Gasteiger partial charge in [-0.25, -0.2) is 0 Å². The van der Waals surface area contributed by atoms with Gasteiger partial charge in [-0.05, 0) is 44.0 Å². The zero-order chi connectivity index (χ0) is 21.0. The van der Waals surface area contributed by atoms with E-state index >= 15 is 0 Å². The molecule has 0 saturated carbocycles. The zero-order valence-electron chi connectivity index (χ0n) is 16.3. The average molecular weight is 422 g/mol. The number of rotatable bonds is 5. The molecular formula is C20H24ClN3O5. The van der Waals surface area contributed by atoms with Gasteiger partial charge in [0.2, 0.25) is 17.7 Å². The van der Waals surface area contributed by atoms with E-state index in [9.17, 15) is 19.5 Å². The van der Waals surface area contributed by atoms with Gasteiger partial charge in [-0.15, -0.1) is 0 Å². The molecule has 3 fully saturated rings. The number of carbonyl (C=O) groups excluding carboxylic acids is 3. The highest BCUT2D eigenvalue weighted by Crippen LogP contribution is 2.63. The molecule has 0 aromatic heterocycles. The van der Waals surface area contributed by atoms with E-state index in [0.29, 0.717) is 23.6 Å². The number of fused-ring (bicyclic) bond motifs is 1. The summed E-state index contributed by atoms with van der Waals surface area (Å²) in [6.07, 6.45) is 1.07. The van der Waals surface area contributed by atoms with Gasteiger partial charge in [0.15, 0.2) is 0 Å². The maximum absolute atomic E-state index is 13.3. The summed E-state index contributed by atoms with van der Waals surface area (Å²) in [6.45, 7) is 1.54. The van der Waals surface area contributed by atoms with Crippen LogP contribution < -0.4 is 10.6 Å². The van der Waals surface area contributed by atoms with Crippen LogP contribution in [0, 0.1) is 11.8 Å². The molecule has 1 aromatic rings. The fourth-order valence-electron chi connectivity index (χ4n) is 5.37. The van der Waals surface area contributed by atoms with E-state index in [4.69, 9.17) is 16.3 Å². The summed E-state index contributed by atoms with van der Waals surface area (Å²) in [7, 11) is 1.53. The molecule has 1 aromatic carbocycles. The maximum Gasteiger partial charge on any atom is 0.250 e. The number of nitrogens with zero attached hydrogens (tertiary/aromatic N) is 1. The molecule has 8 nitrogen and oxygen atoms in total. The van der Waals surface area contributed by atoms with Crippen molar-refractivity contribution in [3.8, 4) is 0 Å². The van der Waals surface area contributed by atoms with Gasteiger partial charge in [-0.2, -0.15) is 0 Å². The number of anilines is 1. The summed E-state index contributed by atoms with van der Waals surface area (Å²) in [6, 6.07) is 5.72. The third-order valence-electron chi connectivity index (χ3n) is 6.51. The number of ether oxygens (including phenoxy) is 1. The molecule has 3 aliphatic rings. The van der Waals surface area contributed by atoms with Crippen molar-refractivity contribution in [2.45, 2.75) is 37.0 Å². The molecule has 3 saturated heterocycles. The van der Waals surface area contributed by atoms with E-state index in [0.717, 1.165) is 0 Å². The molecule has 156 valence electrons. The van der Waals surface area contributed by atoms with Crippen molar-refractivity contribution in [1.29, 1.82) is 0 Å². The SMILES string of the molecule is CNC(=O)[C@H]1[C@H]2C(=O)N(CCO)C(C(=O)Nc3ccc(Cl)cc3)C23CC[C@]1(C)O3. The lowest BCUT2D eigenvalue weighted by molar-refractivity contribution is -0.144. The second-order valence-corrected chi connectivity index (χ2v) is 8.53. The first-order chi connectivity index (χ1) is 13.8. The van der Waals surface area contributed by atoms with Crippen LogP contribution in [0.3, 0.4) is 0 Å². The van der Waals surface area contributed by atoms with E-state index in [-0.39, 0.29) is 25.0 Å². The van der Waals surface area contributed by atoms with Crippen LogP contribution in [0.1, 0.15) is 19.8 Å². The third kappa shape index (κ3) is 2.85. The Morgan fingerprint density at radius 1 is 1.28 bits per heavy atom. The number of aliphatic hydroxyl groups is 1. The van der Waals surface area contributed by atoms with Crippen LogP contribution in [0.15, 0.2) is 24.3 Å². The standard InChI is InChI=1S/C20H24ClN3O5/c1-19-7-8-20(29-19)14(13(19)16(26)22-2)18(28)24(9-10-25)15(20)17(27)23-12-5-3-11(21)4-6-12/h3-6,13-15,25H,7-10H2,1-2H3,(H,22,26)(H,23,27)/t13-,14+,15?,19+,20?/m1/s1. The van der Waals surface area contributed by atoms with Crippen molar-refractivity contribution in [3.05, 3.63) is 29.3 Å². The number of nitrogens with one attached hydrogen (secondary N) is 2. The lowest BCUT2D eigenvalue weighted by Crippen LogP contribution is -2.53. The molecule has 4 rings (SSSR count). The normalized spacial score (nSPS) is 35.0. The quantitative estimate of drug-likeness (QED) is 0.651. The predicted octanol–water partition coefficient (Wildman–Crippen LogP) is 0.781. The molecule has 2 unspecified atom stereocenters. The van der Waals surface area contributed by atoms with Gasteiger partial charge in [0.1, 0.15) is 11.6 Å². The average Bonchev–Trinajstić information content (AvgIpc) is 3.25. The number of hydrogen-bond acceptors (Lipinski definition) is 5. The number of halogens is 1. The van der Waals surface area contributed by atoms with Crippen LogP contribution in [0.2, 0.25) is 5.02 Å². The first-order valence-electron chi connectivity index (χ1n) is 9.67. The van der Waals surface area contributed by atoms with Crippen molar-refractivity contribution in [2.24, 2.45) is 11.8 Å². The molecule has 0 aliphatic carbocycles. The molecule has 3 heterocycles. The van der Waals surface area contributed by atoms with Crippen molar-refractivity contribution in [2.75, 3.05) is 25.5 Å². The zero-order valence-corrected chi connectivity index (χ0v) is 17.0. The lowest BCUT2D eigenvalue weighted by atomic mass is 9.66. The molecule has 5 atom stereocenters. The van der Waals surface area contributed by atoms with Crippen LogP contribution >= 0.6 is 11.6 Å². The molecule has 9 heteroatoms. The van der Waals surface area contributed by atoms with E-state index in [1.165, 1.54) is 11.9 Å². The minimum atomic E-state index is -1.09. The molecule has 2 bridgehead atoms. The lowest BCUT2D eigenvalue weighted by Gasteiger charge is -2.33. The Morgan fingerprint density at radius 3 is 2.59 bits per heavy atom. The summed E-state index contributed by atoms with van der Waals surface area (Å²) in [5.74, 6) is -2.43. The van der Waals surface area contributed by atoms with Gasteiger partial charge in [0.25, 0.3) is 0 Å². The number of benzene rings is 1. The Morgan fingerprint density at radius 2 is 1.97 bits per heavy atom. The van der Waals surface area contributed by atoms with E-state index in [2.05, 4.69) is 10.6 Å². The van der Waals surface area contributed by atoms with Crippen LogP contribution in [-0.4, -0.2) is 65.2 Å². The number of β-amino-alcohol motifs (C(OH)–C–C–N with tert-alkyl or cyclic N) is 1. The molecule has 0 radical (unpaired) electrons. The first kappa shape index (κ1) is 20.1. The Hall–Kier alpha value is -2.16. The van der Waals surface area contributed by atoms with Crippen molar-refractivity contribution < 1.29 is 24.2 Å². The summed E-state index contributed by atoms with van der Waals surface area (Å²) < 4.78 is 6.36. The largest absolute Gasteiger partial charge is 0.395 e. The summed E-state index contributed by atoms with van der Waals surface area (Å²) in [4.78, 5) is 40.6. The van der Waals surface area contributed by atoms with Gasteiger partial charge in [0, 0.05) is 24.3 Å². The van der Waals surface area contributed by atoms with Gasteiger partial charge >= 0.3 is 0 Å². The van der Waals surface area contributed by atoms with Crippen LogP contribution in [0.4, 0.5) is 5.69 Å². The Kier molecular flexibility index (Phi) is 4.83. The highest BCUT2D eigenvalue weighted by Gasteiger charge is 2.77. The Bertz CT molecular complexity index is 862. The Labute approximate surface area is 173 Å². The third-order valence-corrected chi connectivity index (χ3v) is 6.76. The number of hydrogen-bond donors (Lipinski definition) is 3. The maximum atomic E-state index is 13.3. The highest BCUT2D eigenvalue weighted by atomic mass is 35.5. The first-order valence-corrected chi connectivity index (χ1v) is 10.0. The molecular weight excluding hydrogens is 398 g/mol. The monoisotopic (exact) mass is 421 g/mol. The minimum absolute atomic E-state index is 0.00364. The molecule has 3 amide bonds. The van der Waals surface area contributed by atoms with Crippen molar-refractivity contribution in [1.82, 2.24) is 10.2 Å². The molecule has 3 aliphatic heterocycles. The molecule has 1 spiro atoms. The summed E-state index contributed by atoms with van der Waals surface area (Å²) >= 11 is 5.91. The van der Waals surface area contributed by atoms with Crippen LogP contribution in [0.5, 0.6) is 0 Å². The Balaban J connectivity index is 1.72. The minimum Gasteiger partial charge on any atom is -0.395 e. The van der Waals surface area contributed by atoms with Gasteiger partial charge in [-0.1, -0.05) is 11.6 Å². The fourth-order valence-corrected chi connectivity index (χ4v) is 5.50.